The first-order chi connectivity index (χ1) is 12.2. The second-order valence-corrected chi connectivity index (χ2v) is 6.71. The van der Waals surface area contributed by atoms with Gasteiger partial charge < -0.3 is 15.5 Å². The molecule has 136 valence electrons. The van der Waals surface area contributed by atoms with Gasteiger partial charge in [0.2, 0.25) is 5.91 Å². The quantitative estimate of drug-likeness (QED) is 0.452. The Bertz CT molecular complexity index is 634. The third kappa shape index (κ3) is 4.71. The van der Waals surface area contributed by atoms with E-state index in [9.17, 15) is 9.18 Å². The summed E-state index contributed by atoms with van der Waals surface area (Å²) in [5.74, 6) is 1.13. The fourth-order valence-corrected chi connectivity index (χ4v) is 3.36. The van der Waals surface area contributed by atoms with E-state index in [1.165, 1.54) is 6.07 Å². The number of halogens is 1. The summed E-state index contributed by atoms with van der Waals surface area (Å²) in [5, 5.41) is 6.64. The predicted molar refractivity (Wildman–Crippen MR) is 97.1 cm³/mol. The Kier molecular flexibility index (Phi) is 5.89. The van der Waals surface area contributed by atoms with Gasteiger partial charge >= 0.3 is 0 Å². The van der Waals surface area contributed by atoms with E-state index < -0.39 is 0 Å². The van der Waals surface area contributed by atoms with Crippen molar-refractivity contribution in [2.75, 3.05) is 26.2 Å². The molecule has 1 aliphatic carbocycles. The molecule has 2 aliphatic rings. The van der Waals surface area contributed by atoms with E-state index in [-0.39, 0.29) is 23.7 Å². The topological polar surface area (TPSA) is 56.7 Å². The van der Waals surface area contributed by atoms with E-state index in [4.69, 9.17) is 0 Å². The van der Waals surface area contributed by atoms with Gasteiger partial charge in [-0.15, -0.1) is 0 Å². The number of aliphatic imine (C=N–C) groups is 1. The number of carbonyl (C=O) groups is 1. The largest absolute Gasteiger partial charge is 0.357 e. The van der Waals surface area contributed by atoms with Crippen molar-refractivity contribution in [1.82, 2.24) is 15.5 Å². The fraction of sp³-hybridized carbons (Fsp3) is 0.579. The van der Waals surface area contributed by atoms with Gasteiger partial charge in [-0.3, -0.25) is 9.79 Å². The molecule has 2 N–H and O–H groups in total. The van der Waals surface area contributed by atoms with E-state index >= 15 is 0 Å². The molecule has 0 radical (unpaired) electrons. The second-order valence-electron chi connectivity index (χ2n) is 6.71. The molecular formula is C19H27FN4O. The second kappa shape index (κ2) is 8.32. The average Bonchev–Trinajstić information content (AvgIpc) is 3.24. The first-order valence-electron chi connectivity index (χ1n) is 9.26. The summed E-state index contributed by atoms with van der Waals surface area (Å²) in [7, 11) is 0. The Labute approximate surface area is 148 Å². The first-order valence-corrected chi connectivity index (χ1v) is 9.26. The maximum atomic E-state index is 13.9. The number of likely N-dealkylation sites (tertiary alicyclic amines) is 1. The smallest absolute Gasteiger partial charge is 0.222 e. The highest BCUT2D eigenvalue weighted by Crippen LogP contribution is 2.41. The Morgan fingerprint density at radius 3 is 2.96 bits per heavy atom. The van der Waals surface area contributed by atoms with Gasteiger partial charge in [0, 0.05) is 44.6 Å². The Morgan fingerprint density at radius 2 is 2.24 bits per heavy atom. The van der Waals surface area contributed by atoms with Gasteiger partial charge in [-0.05, 0) is 37.8 Å². The van der Waals surface area contributed by atoms with Crippen LogP contribution in [0.15, 0.2) is 29.3 Å². The summed E-state index contributed by atoms with van der Waals surface area (Å²) in [6.45, 7) is 5.15. The lowest BCUT2D eigenvalue weighted by Gasteiger charge is -2.15. The van der Waals surface area contributed by atoms with Crippen molar-refractivity contribution < 1.29 is 9.18 Å². The predicted octanol–water partition coefficient (Wildman–Crippen LogP) is 2.25. The average molecular weight is 346 g/mol. The van der Waals surface area contributed by atoms with Crippen LogP contribution in [0.4, 0.5) is 4.39 Å². The minimum Gasteiger partial charge on any atom is -0.357 e. The van der Waals surface area contributed by atoms with Crippen LogP contribution in [0.5, 0.6) is 0 Å². The molecule has 25 heavy (non-hydrogen) atoms. The Morgan fingerprint density at radius 1 is 1.40 bits per heavy atom. The number of hydrogen-bond acceptors (Lipinski definition) is 2. The van der Waals surface area contributed by atoms with Crippen molar-refractivity contribution in [1.29, 1.82) is 0 Å². The molecule has 2 atom stereocenters. The highest BCUT2D eigenvalue weighted by molar-refractivity contribution is 5.80. The normalized spacial score (nSPS) is 23.0. The lowest BCUT2D eigenvalue weighted by molar-refractivity contribution is -0.127. The first kappa shape index (κ1) is 17.7. The van der Waals surface area contributed by atoms with Crippen molar-refractivity contribution in [2.24, 2.45) is 4.99 Å². The monoisotopic (exact) mass is 346 g/mol. The van der Waals surface area contributed by atoms with Gasteiger partial charge in [-0.1, -0.05) is 18.2 Å². The Balaban J connectivity index is 1.46. The van der Waals surface area contributed by atoms with E-state index in [0.717, 1.165) is 50.4 Å². The zero-order valence-electron chi connectivity index (χ0n) is 14.8. The Hall–Kier alpha value is -2.11. The molecule has 1 aromatic carbocycles. The number of benzene rings is 1. The molecule has 1 saturated heterocycles. The minimum atomic E-state index is -0.131. The molecule has 1 saturated carbocycles. The lowest BCUT2D eigenvalue weighted by atomic mass is 10.1. The number of nitrogens with zero attached hydrogens (tertiary/aromatic N) is 2. The number of carbonyl (C=O) groups excluding carboxylic acids is 1. The van der Waals surface area contributed by atoms with Crippen LogP contribution in [0, 0.1) is 5.82 Å². The van der Waals surface area contributed by atoms with E-state index in [0.29, 0.717) is 13.0 Å². The van der Waals surface area contributed by atoms with Crippen LogP contribution >= 0.6 is 0 Å². The number of nitrogens with one attached hydrogen (secondary N) is 2. The lowest BCUT2D eigenvalue weighted by Crippen LogP contribution is -2.39. The molecule has 1 aliphatic heterocycles. The molecule has 2 unspecified atom stereocenters. The van der Waals surface area contributed by atoms with E-state index in [1.54, 1.807) is 6.07 Å². The van der Waals surface area contributed by atoms with E-state index in [1.807, 2.05) is 24.0 Å². The molecule has 1 heterocycles. The zero-order valence-corrected chi connectivity index (χ0v) is 14.8. The van der Waals surface area contributed by atoms with Crippen molar-refractivity contribution in [2.45, 2.75) is 44.6 Å². The van der Waals surface area contributed by atoms with Crippen LogP contribution < -0.4 is 10.6 Å². The molecule has 5 nitrogen and oxygen atoms in total. The highest BCUT2D eigenvalue weighted by atomic mass is 19.1. The molecule has 3 rings (SSSR count). The maximum absolute atomic E-state index is 13.9. The number of guanidine groups is 1. The summed E-state index contributed by atoms with van der Waals surface area (Å²) < 4.78 is 13.9. The molecule has 0 aromatic heterocycles. The van der Waals surface area contributed by atoms with Gasteiger partial charge in [0.25, 0.3) is 0 Å². The van der Waals surface area contributed by atoms with Crippen LogP contribution in [0.3, 0.4) is 0 Å². The SMILES string of the molecule is CCNC(=NCCCN1CCCC1=O)NC1CC1c1ccccc1F. The zero-order chi connectivity index (χ0) is 17.6. The highest BCUT2D eigenvalue weighted by Gasteiger charge is 2.40. The third-order valence-corrected chi connectivity index (χ3v) is 4.79. The maximum Gasteiger partial charge on any atom is 0.222 e. The summed E-state index contributed by atoms with van der Waals surface area (Å²) >= 11 is 0. The molecule has 0 spiro atoms. The van der Waals surface area contributed by atoms with Gasteiger partial charge in [-0.25, -0.2) is 4.39 Å². The van der Waals surface area contributed by atoms with Gasteiger partial charge in [0.1, 0.15) is 5.82 Å². The standard InChI is InChI=1S/C19H27FN4O/c1-2-21-19(22-10-6-12-24-11-5-9-18(24)25)23-17-13-15(17)14-7-3-4-8-16(14)20/h3-4,7-8,15,17H,2,5-6,9-13H2,1H3,(H2,21,22,23). The van der Waals surface area contributed by atoms with Crippen molar-refractivity contribution in [3.8, 4) is 0 Å². The number of rotatable bonds is 7. The van der Waals surface area contributed by atoms with Crippen LogP contribution in [0.25, 0.3) is 0 Å². The molecule has 2 fully saturated rings. The van der Waals surface area contributed by atoms with Crippen LogP contribution in [0.1, 0.15) is 44.1 Å². The summed E-state index contributed by atoms with van der Waals surface area (Å²) in [4.78, 5) is 18.1. The fourth-order valence-electron chi connectivity index (χ4n) is 3.36. The third-order valence-electron chi connectivity index (χ3n) is 4.79. The summed E-state index contributed by atoms with van der Waals surface area (Å²) in [6.07, 6.45) is 3.45. The molecule has 1 aromatic rings. The van der Waals surface area contributed by atoms with Crippen molar-refractivity contribution in [3.63, 3.8) is 0 Å². The van der Waals surface area contributed by atoms with Crippen molar-refractivity contribution >= 4 is 11.9 Å². The summed E-state index contributed by atoms with van der Waals surface area (Å²) in [5.41, 5.74) is 0.781. The van der Waals surface area contributed by atoms with Crippen LogP contribution in [-0.2, 0) is 4.79 Å². The molecule has 1 amide bonds. The molecule has 6 heteroatoms. The van der Waals surface area contributed by atoms with Gasteiger partial charge in [0.15, 0.2) is 5.96 Å². The van der Waals surface area contributed by atoms with Crippen LogP contribution in [-0.4, -0.2) is 49.0 Å². The molecular weight excluding hydrogens is 319 g/mol. The summed E-state index contributed by atoms with van der Waals surface area (Å²) in [6, 6.07) is 7.21. The number of hydrogen-bond donors (Lipinski definition) is 2. The van der Waals surface area contributed by atoms with Gasteiger partial charge in [0.05, 0.1) is 0 Å². The van der Waals surface area contributed by atoms with Crippen LogP contribution in [0.2, 0.25) is 0 Å². The molecule has 0 bridgehead atoms. The van der Waals surface area contributed by atoms with E-state index in [2.05, 4.69) is 15.6 Å². The minimum absolute atomic E-state index is 0.131. The number of amides is 1. The van der Waals surface area contributed by atoms with Gasteiger partial charge in [-0.2, -0.15) is 0 Å². The van der Waals surface area contributed by atoms with Crippen molar-refractivity contribution in [3.05, 3.63) is 35.6 Å².